The van der Waals surface area contributed by atoms with Crippen LogP contribution in [-0.4, -0.2) is 59.6 Å². The van der Waals surface area contributed by atoms with Crippen molar-refractivity contribution >= 4 is 29.5 Å². The van der Waals surface area contributed by atoms with E-state index in [9.17, 15) is 4.79 Å². The Morgan fingerprint density at radius 1 is 1.24 bits per heavy atom. The zero-order chi connectivity index (χ0) is 23.1. The van der Waals surface area contributed by atoms with Gasteiger partial charge in [-0.3, -0.25) is 10.2 Å². The Labute approximate surface area is 188 Å². The molecule has 5 N–H and O–H groups in total. The van der Waals surface area contributed by atoms with E-state index in [-0.39, 0.29) is 35.6 Å². The van der Waals surface area contributed by atoms with Crippen LogP contribution in [0.4, 0.5) is 5.82 Å². The summed E-state index contributed by atoms with van der Waals surface area (Å²) < 4.78 is 1.57. The van der Waals surface area contributed by atoms with Gasteiger partial charge in [0.25, 0.3) is 5.91 Å². The summed E-state index contributed by atoms with van der Waals surface area (Å²) in [5.41, 5.74) is 14.9. The number of nitrogens with two attached hydrogens (primary N) is 2. The van der Waals surface area contributed by atoms with Crippen LogP contribution in [0.25, 0.3) is 16.8 Å². The number of piperidine rings is 1. The Bertz CT molecular complexity index is 1310. The Morgan fingerprint density at radius 3 is 2.58 bits per heavy atom. The number of carbonyl (C=O) groups is 1. The Balaban J connectivity index is 1.46. The van der Waals surface area contributed by atoms with Crippen molar-refractivity contribution in [2.45, 2.75) is 43.7 Å². The lowest BCUT2D eigenvalue weighted by molar-refractivity contribution is -0.128. The first-order valence-corrected chi connectivity index (χ1v) is 10.5. The van der Waals surface area contributed by atoms with E-state index >= 15 is 0 Å². The molecule has 2 bridgehead atoms. The van der Waals surface area contributed by atoms with E-state index in [1.165, 1.54) is 0 Å². The second-order valence-electron chi connectivity index (χ2n) is 8.22. The standard InChI is InChI=1S/C21H21N11O/c22-6-18-26-7-12(8-27-18)15-9-29-32-17(24)5-16(30-20(15)32)11-3-13-1-2-14(4-11)31(13)21(33)19(25)28-10-23/h5,7-11,13-14H,1-4,24H2,(H3,23,25,28)/t11?,13-,14+. The second-order valence-corrected chi connectivity index (χ2v) is 8.22. The van der Waals surface area contributed by atoms with Gasteiger partial charge in [0.15, 0.2) is 11.5 Å². The van der Waals surface area contributed by atoms with Crippen molar-refractivity contribution in [3.63, 3.8) is 0 Å². The number of nitrogens with one attached hydrogen (secondary N) is 1. The van der Waals surface area contributed by atoms with E-state index < -0.39 is 0 Å². The number of rotatable bonds is 3. The van der Waals surface area contributed by atoms with Crippen LogP contribution < -0.4 is 11.5 Å². The lowest BCUT2D eigenvalue weighted by atomic mass is 9.87. The molecule has 2 aliphatic rings. The number of hydrogen-bond acceptors (Lipinski definition) is 8. The minimum absolute atomic E-state index is 0.0382. The number of carbonyl (C=O) groups excluding carboxylic acids is 1. The number of anilines is 1. The highest BCUT2D eigenvalue weighted by atomic mass is 16.2. The number of aliphatic imine (C=N–C) groups is 1. The smallest absolute Gasteiger partial charge is 0.289 e. The van der Waals surface area contributed by atoms with Crippen molar-refractivity contribution in [2.75, 3.05) is 5.73 Å². The maximum absolute atomic E-state index is 12.7. The number of amides is 1. The lowest BCUT2D eigenvalue weighted by Gasteiger charge is -2.38. The van der Waals surface area contributed by atoms with Crippen LogP contribution >= 0.6 is 0 Å². The summed E-state index contributed by atoms with van der Waals surface area (Å²) in [4.78, 5) is 31.1. The zero-order valence-corrected chi connectivity index (χ0v) is 17.6. The van der Waals surface area contributed by atoms with Crippen LogP contribution in [0.2, 0.25) is 0 Å². The summed E-state index contributed by atoms with van der Waals surface area (Å²) in [6, 6.07) is 3.82. The van der Waals surface area contributed by atoms with Crippen LogP contribution in [-0.2, 0) is 4.79 Å². The molecule has 3 atom stereocenters. The molecule has 2 fully saturated rings. The van der Waals surface area contributed by atoms with Crippen molar-refractivity contribution in [3.8, 4) is 17.2 Å². The fourth-order valence-electron chi connectivity index (χ4n) is 4.95. The highest BCUT2D eigenvalue weighted by Gasteiger charge is 2.44. The fourth-order valence-corrected chi connectivity index (χ4v) is 4.95. The summed E-state index contributed by atoms with van der Waals surface area (Å²) in [6.45, 7) is 0. The maximum Gasteiger partial charge on any atom is 0.289 e. The highest BCUT2D eigenvalue weighted by Crippen LogP contribution is 2.43. The number of nitrogens with zero attached hydrogens (tertiary/aromatic N) is 8. The molecule has 0 spiro atoms. The molecule has 5 heterocycles. The summed E-state index contributed by atoms with van der Waals surface area (Å²) in [5.74, 6) is 0.208. The topological polar surface area (TPSA) is 188 Å². The molecule has 12 nitrogen and oxygen atoms in total. The molecule has 3 aromatic rings. The molecular weight excluding hydrogens is 422 g/mol. The first kappa shape index (κ1) is 20.5. The first-order chi connectivity index (χ1) is 16.0. The third-order valence-electron chi connectivity index (χ3n) is 6.39. The number of fused-ring (bicyclic) bond motifs is 3. The molecular formula is C21H21N11O. The average Bonchev–Trinajstić information content (AvgIpc) is 3.37. The van der Waals surface area contributed by atoms with E-state index in [0.29, 0.717) is 17.0 Å². The zero-order valence-electron chi connectivity index (χ0n) is 17.6. The van der Waals surface area contributed by atoms with Crippen molar-refractivity contribution in [2.24, 2.45) is 10.7 Å². The first-order valence-electron chi connectivity index (χ1n) is 10.5. The quantitative estimate of drug-likeness (QED) is 0.392. The summed E-state index contributed by atoms with van der Waals surface area (Å²) in [5, 5.41) is 20.3. The van der Waals surface area contributed by atoms with Gasteiger partial charge in [0.05, 0.1) is 6.20 Å². The van der Waals surface area contributed by atoms with E-state index in [2.05, 4.69) is 20.1 Å². The van der Waals surface area contributed by atoms with Crippen LogP contribution in [0.15, 0.2) is 29.6 Å². The molecule has 3 aromatic heterocycles. The van der Waals surface area contributed by atoms with E-state index in [1.54, 1.807) is 23.1 Å². The molecule has 33 heavy (non-hydrogen) atoms. The Morgan fingerprint density at radius 2 is 1.94 bits per heavy atom. The Kier molecular flexibility index (Phi) is 4.93. The van der Waals surface area contributed by atoms with Gasteiger partial charge in [-0.25, -0.2) is 19.9 Å². The number of amidine groups is 1. The van der Waals surface area contributed by atoms with E-state index in [4.69, 9.17) is 27.1 Å². The molecule has 0 aliphatic carbocycles. The normalized spacial score (nSPS) is 22.3. The molecule has 5 rings (SSSR count). The molecule has 12 heteroatoms. The molecule has 0 radical (unpaired) electrons. The largest absolute Gasteiger partial charge is 0.384 e. The minimum atomic E-state index is -0.314. The SMILES string of the molecule is N#Cc1ncc(-c2cnn3c(N)cc(C4C[C@H]5CC[C@@H](C4)N5C(=O)C(N)=NC=N)nc23)cn1. The molecule has 1 amide bonds. The second kappa shape index (κ2) is 7.94. The third kappa shape index (κ3) is 3.43. The molecule has 0 saturated carbocycles. The van der Waals surface area contributed by atoms with Crippen molar-refractivity contribution in [3.05, 3.63) is 36.2 Å². The van der Waals surface area contributed by atoms with Gasteiger partial charge in [-0.1, -0.05) is 0 Å². The predicted molar refractivity (Wildman–Crippen MR) is 119 cm³/mol. The number of hydrogen-bond donors (Lipinski definition) is 3. The predicted octanol–water partition coefficient (Wildman–Crippen LogP) is 0.841. The van der Waals surface area contributed by atoms with Gasteiger partial charge in [-0.05, 0) is 25.7 Å². The molecule has 2 saturated heterocycles. The fraction of sp³-hybridized carbons (Fsp3) is 0.333. The highest BCUT2D eigenvalue weighted by molar-refractivity contribution is 6.38. The third-order valence-corrected chi connectivity index (χ3v) is 6.39. The average molecular weight is 443 g/mol. The van der Waals surface area contributed by atoms with E-state index in [0.717, 1.165) is 43.3 Å². The van der Waals surface area contributed by atoms with Crippen LogP contribution in [0.1, 0.15) is 43.1 Å². The number of nitriles is 1. The number of nitrogen functional groups attached to an aromatic ring is 1. The summed E-state index contributed by atoms with van der Waals surface area (Å²) in [6.07, 6.45) is 8.84. The van der Waals surface area contributed by atoms with Gasteiger partial charge in [0.1, 0.15) is 18.2 Å². The van der Waals surface area contributed by atoms with Gasteiger partial charge >= 0.3 is 0 Å². The van der Waals surface area contributed by atoms with Crippen molar-refractivity contribution < 1.29 is 4.79 Å². The minimum Gasteiger partial charge on any atom is -0.384 e. The molecule has 166 valence electrons. The van der Waals surface area contributed by atoms with Crippen LogP contribution in [0.5, 0.6) is 0 Å². The monoisotopic (exact) mass is 443 g/mol. The van der Waals surface area contributed by atoms with Gasteiger partial charge in [0, 0.05) is 53.3 Å². The van der Waals surface area contributed by atoms with Crippen LogP contribution in [0, 0.1) is 16.7 Å². The lowest BCUT2D eigenvalue weighted by Crippen LogP contribution is -2.50. The van der Waals surface area contributed by atoms with Crippen LogP contribution in [0.3, 0.4) is 0 Å². The summed E-state index contributed by atoms with van der Waals surface area (Å²) in [7, 11) is 0. The van der Waals surface area contributed by atoms with Crippen molar-refractivity contribution in [1.29, 1.82) is 10.7 Å². The van der Waals surface area contributed by atoms with Gasteiger partial charge < -0.3 is 16.4 Å². The molecule has 1 unspecified atom stereocenters. The van der Waals surface area contributed by atoms with Gasteiger partial charge in [-0.2, -0.15) is 14.9 Å². The Hall–Kier alpha value is -4.40. The number of aromatic nitrogens is 5. The van der Waals surface area contributed by atoms with Gasteiger partial charge in [-0.15, -0.1) is 0 Å². The molecule has 2 aliphatic heterocycles. The van der Waals surface area contributed by atoms with Gasteiger partial charge in [0.2, 0.25) is 5.82 Å². The summed E-state index contributed by atoms with van der Waals surface area (Å²) >= 11 is 0. The molecule has 0 aromatic carbocycles. The maximum atomic E-state index is 12.7. The van der Waals surface area contributed by atoms with E-state index in [1.807, 2.05) is 17.0 Å². The van der Waals surface area contributed by atoms with Crippen molar-refractivity contribution in [1.82, 2.24) is 29.5 Å².